The van der Waals surface area contributed by atoms with Gasteiger partial charge in [0.25, 0.3) is 0 Å². The predicted molar refractivity (Wildman–Crippen MR) is 81.2 cm³/mol. The van der Waals surface area contributed by atoms with Crippen molar-refractivity contribution in [1.29, 1.82) is 0 Å². The monoisotopic (exact) mass is 261 g/mol. The molecule has 2 heteroatoms. The molecule has 0 aromatic heterocycles. The van der Waals surface area contributed by atoms with Crippen molar-refractivity contribution in [2.45, 2.75) is 51.4 Å². The van der Waals surface area contributed by atoms with Crippen molar-refractivity contribution in [3.8, 4) is 0 Å². The lowest BCUT2D eigenvalue weighted by Crippen LogP contribution is -2.20. The fourth-order valence-electron chi connectivity index (χ4n) is 2.18. The Morgan fingerprint density at radius 1 is 0.895 bits per heavy atom. The van der Waals surface area contributed by atoms with E-state index in [4.69, 9.17) is 0 Å². The van der Waals surface area contributed by atoms with Gasteiger partial charge in [-0.2, -0.15) is 0 Å². The first-order valence-corrected chi connectivity index (χ1v) is 7.44. The smallest absolute Gasteiger partial charge is 0.222 e. The molecule has 0 heterocycles. The van der Waals surface area contributed by atoms with Gasteiger partial charge in [0.1, 0.15) is 0 Å². The molecule has 0 saturated carbocycles. The van der Waals surface area contributed by atoms with Crippen molar-refractivity contribution in [3.05, 3.63) is 35.9 Å². The maximum atomic E-state index is 11.4. The van der Waals surface area contributed by atoms with Crippen LogP contribution in [0, 0.1) is 0 Å². The molecule has 0 aliphatic rings. The molecule has 1 aromatic carbocycles. The highest BCUT2D eigenvalue weighted by molar-refractivity contribution is 5.75. The van der Waals surface area contributed by atoms with Crippen LogP contribution in [0.4, 0.5) is 0 Å². The summed E-state index contributed by atoms with van der Waals surface area (Å²) in [6, 6.07) is 10.7. The highest BCUT2D eigenvalue weighted by atomic mass is 16.2. The Bertz CT molecular complexity index is 346. The van der Waals surface area contributed by atoms with E-state index in [1.165, 1.54) is 44.1 Å². The number of unbranched alkanes of at least 4 members (excludes halogenated alkanes) is 5. The van der Waals surface area contributed by atoms with Crippen molar-refractivity contribution in [3.63, 3.8) is 0 Å². The molecule has 19 heavy (non-hydrogen) atoms. The van der Waals surface area contributed by atoms with Crippen LogP contribution in [-0.4, -0.2) is 24.9 Å². The molecule has 0 saturated heterocycles. The molecule has 0 aliphatic heterocycles. The third-order valence-electron chi connectivity index (χ3n) is 3.45. The molecule has 0 unspecified atom stereocenters. The lowest BCUT2D eigenvalue weighted by atomic mass is 10.0. The van der Waals surface area contributed by atoms with Crippen molar-refractivity contribution in [1.82, 2.24) is 4.90 Å². The van der Waals surface area contributed by atoms with E-state index in [-0.39, 0.29) is 5.91 Å². The second-order valence-electron chi connectivity index (χ2n) is 5.40. The number of hydrogen-bond donors (Lipinski definition) is 0. The van der Waals surface area contributed by atoms with Gasteiger partial charge in [-0.3, -0.25) is 4.79 Å². The molecule has 0 atom stereocenters. The van der Waals surface area contributed by atoms with Crippen LogP contribution >= 0.6 is 0 Å². The number of amides is 1. The van der Waals surface area contributed by atoms with Gasteiger partial charge >= 0.3 is 0 Å². The summed E-state index contributed by atoms with van der Waals surface area (Å²) in [5.74, 6) is 0.254. The lowest BCUT2D eigenvalue weighted by Gasteiger charge is -2.09. The second kappa shape index (κ2) is 9.60. The summed E-state index contributed by atoms with van der Waals surface area (Å²) in [7, 11) is 3.65. The average Bonchev–Trinajstić information content (AvgIpc) is 2.42. The molecule has 1 rings (SSSR count). The average molecular weight is 261 g/mol. The number of benzene rings is 1. The zero-order valence-electron chi connectivity index (χ0n) is 12.4. The molecule has 1 amide bonds. The van der Waals surface area contributed by atoms with Crippen molar-refractivity contribution < 1.29 is 4.79 Å². The zero-order valence-corrected chi connectivity index (χ0v) is 12.4. The van der Waals surface area contributed by atoms with Crippen LogP contribution in [0.15, 0.2) is 30.3 Å². The topological polar surface area (TPSA) is 20.3 Å². The second-order valence-corrected chi connectivity index (χ2v) is 5.40. The Hall–Kier alpha value is -1.31. The summed E-state index contributed by atoms with van der Waals surface area (Å²) in [6.07, 6.45) is 9.26. The SMILES string of the molecule is CN(C)C(=O)CCCCCCCCc1ccccc1. The van der Waals surface area contributed by atoms with Crippen LogP contribution in [0.5, 0.6) is 0 Å². The zero-order chi connectivity index (χ0) is 13.9. The van der Waals surface area contributed by atoms with Crippen LogP contribution in [0.25, 0.3) is 0 Å². The Morgan fingerprint density at radius 3 is 2.11 bits per heavy atom. The molecule has 1 aromatic rings. The Balaban J connectivity index is 1.90. The normalized spacial score (nSPS) is 10.4. The largest absolute Gasteiger partial charge is 0.349 e. The summed E-state index contributed by atoms with van der Waals surface area (Å²) in [5.41, 5.74) is 1.44. The van der Waals surface area contributed by atoms with E-state index in [9.17, 15) is 4.79 Å². The van der Waals surface area contributed by atoms with Gasteiger partial charge in [0.05, 0.1) is 0 Å². The first-order chi connectivity index (χ1) is 9.20. The molecule has 106 valence electrons. The fourth-order valence-corrected chi connectivity index (χ4v) is 2.18. The molecular weight excluding hydrogens is 234 g/mol. The fraction of sp³-hybridized carbons (Fsp3) is 0.588. The number of rotatable bonds is 9. The standard InChI is InChI=1S/C17H27NO/c1-18(2)17(19)15-11-6-4-3-5-8-12-16-13-9-7-10-14-16/h7,9-10,13-14H,3-6,8,11-12,15H2,1-2H3. The minimum atomic E-state index is 0.254. The van der Waals surface area contributed by atoms with E-state index in [1.54, 1.807) is 4.90 Å². The predicted octanol–water partition coefficient (Wildman–Crippen LogP) is 4.05. The minimum Gasteiger partial charge on any atom is -0.349 e. The van der Waals surface area contributed by atoms with Gasteiger partial charge in [-0.1, -0.05) is 56.0 Å². The lowest BCUT2D eigenvalue weighted by molar-refractivity contribution is -0.128. The molecule has 2 nitrogen and oxygen atoms in total. The van der Waals surface area contributed by atoms with Gasteiger partial charge in [0.2, 0.25) is 5.91 Å². The van der Waals surface area contributed by atoms with Gasteiger partial charge in [-0.05, 0) is 24.8 Å². The molecule has 0 aliphatic carbocycles. The van der Waals surface area contributed by atoms with Crippen molar-refractivity contribution in [2.75, 3.05) is 14.1 Å². The van der Waals surface area contributed by atoms with Crippen molar-refractivity contribution in [2.24, 2.45) is 0 Å². The highest BCUT2D eigenvalue weighted by Crippen LogP contribution is 2.10. The van der Waals surface area contributed by atoms with E-state index in [0.717, 1.165) is 6.42 Å². The first-order valence-electron chi connectivity index (χ1n) is 7.44. The van der Waals surface area contributed by atoms with Gasteiger partial charge < -0.3 is 4.90 Å². The summed E-state index contributed by atoms with van der Waals surface area (Å²) in [4.78, 5) is 13.0. The number of carbonyl (C=O) groups is 1. The minimum absolute atomic E-state index is 0.254. The summed E-state index contributed by atoms with van der Waals surface area (Å²) < 4.78 is 0. The van der Waals surface area contributed by atoms with Crippen LogP contribution in [0.1, 0.15) is 50.5 Å². The van der Waals surface area contributed by atoms with E-state index in [0.29, 0.717) is 6.42 Å². The number of carbonyl (C=O) groups excluding carboxylic acids is 1. The van der Waals surface area contributed by atoms with Gasteiger partial charge in [0.15, 0.2) is 0 Å². The third-order valence-corrected chi connectivity index (χ3v) is 3.45. The van der Waals surface area contributed by atoms with E-state index in [2.05, 4.69) is 30.3 Å². The molecule has 0 radical (unpaired) electrons. The molecule has 0 fully saturated rings. The van der Waals surface area contributed by atoms with E-state index >= 15 is 0 Å². The maximum Gasteiger partial charge on any atom is 0.222 e. The highest BCUT2D eigenvalue weighted by Gasteiger charge is 2.02. The number of hydrogen-bond acceptors (Lipinski definition) is 1. The maximum absolute atomic E-state index is 11.4. The van der Waals surface area contributed by atoms with Gasteiger partial charge in [0, 0.05) is 20.5 Å². The molecular formula is C17H27NO. The third kappa shape index (κ3) is 7.66. The van der Waals surface area contributed by atoms with Crippen LogP contribution < -0.4 is 0 Å². The van der Waals surface area contributed by atoms with E-state index < -0.39 is 0 Å². The Morgan fingerprint density at radius 2 is 1.47 bits per heavy atom. The molecule has 0 spiro atoms. The molecule has 0 bridgehead atoms. The summed E-state index contributed by atoms with van der Waals surface area (Å²) in [5, 5.41) is 0. The Kier molecular flexibility index (Phi) is 7.95. The molecule has 0 N–H and O–H groups in total. The van der Waals surface area contributed by atoms with Gasteiger partial charge in [-0.25, -0.2) is 0 Å². The van der Waals surface area contributed by atoms with Crippen molar-refractivity contribution >= 4 is 5.91 Å². The summed E-state index contributed by atoms with van der Waals surface area (Å²) in [6.45, 7) is 0. The first kappa shape index (κ1) is 15.7. The van der Waals surface area contributed by atoms with Gasteiger partial charge in [-0.15, -0.1) is 0 Å². The number of nitrogens with zero attached hydrogens (tertiary/aromatic N) is 1. The van der Waals surface area contributed by atoms with Crippen LogP contribution in [-0.2, 0) is 11.2 Å². The Labute approximate surface area is 117 Å². The van der Waals surface area contributed by atoms with Crippen LogP contribution in [0.3, 0.4) is 0 Å². The quantitative estimate of drug-likeness (QED) is 0.614. The number of aryl methyl sites for hydroxylation is 1. The summed E-state index contributed by atoms with van der Waals surface area (Å²) >= 11 is 0. The van der Waals surface area contributed by atoms with Crippen LogP contribution in [0.2, 0.25) is 0 Å². The van der Waals surface area contributed by atoms with E-state index in [1.807, 2.05) is 14.1 Å².